The fraction of sp³-hybridized carbons (Fsp3) is 0.364. The molecule has 1 amide bonds. The van der Waals surface area contributed by atoms with E-state index < -0.39 is 6.04 Å². The fourth-order valence-electron chi connectivity index (χ4n) is 1.20. The second-order valence-electron chi connectivity index (χ2n) is 3.29. The number of nitrogens with two attached hydrogens (primary N) is 1. The van der Waals surface area contributed by atoms with Crippen LogP contribution in [0.1, 0.15) is 19.4 Å². The Morgan fingerprint density at radius 3 is 2.71 bits per heavy atom. The number of hydrogen-bond donors (Lipinski definition) is 2. The van der Waals surface area contributed by atoms with E-state index in [1.807, 2.05) is 24.3 Å². The quantitative estimate of drug-likeness (QED) is 0.763. The molecule has 0 spiro atoms. The van der Waals surface area contributed by atoms with Crippen LogP contribution in [-0.4, -0.2) is 11.9 Å². The van der Waals surface area contributed by atoms with E-state index in [2.05, 4.69) is 12.2 Å². The van der Waals surface area contributed by atoms with Gasteiger partial charge in [-0.15, -0.1) is 0 Å². The summed E-state index contributed by atoms with van der Waals surface area (Å²) in [6.07, 6.45) is 0.898. The second-order valence-corrected chi connectivity index (χ2v) is 3.29. The van der Waals surface area contributed by atoms with E-state index in [-0.39, 0.29) is 5.91 Å². The third kappa shape index (κ3) is 2.57. The van der Waals surface area contributed by atoms with Gasteiger partial charge in [-0.2, -0.15) is 0 Å². The summed E-state index contributed by atoms with van der Waals surface area (Å²) < 4.78 is 0. The van der Waals surface area contributed by atoms with Gasteiger partial charge in [-0.1, -0.05) is 25.1 Å². The minimum absolute atomic E-state index is 0.147. The minimum Gasteiger partial charge on any atom is -0.324 e. The molecule has 1 atom stereocenters. The van der Waals surface area contributed by atoms with Gasteiger partial charge in [0.15, 0.2) is 0 Å². The van der Waals surface area contributed by atoms with E-state index in [1.165, 1.54) is 0 Å². The van der Waals surface area contributed by atoms with Gasteiger partial charge in [-0.25, -0.2) is 0 Å². The maximum absolute atomic E-state index is 11.3. The lowest BCUT2D eigenvalue weighted by molar-refractivity contribution is -0.117. The van der Waals surface area contributed by atoms with Crippen molar-refractivity contribution < 1.29 is 4.79 Å². The predicted molar refractivity (Wildman–Crippen MR) is 58.1 cm³/mol. The Hall–Kier alpha value is -1.35. The summed E-state index contributed by atoms with van der Waals surface area (Å²) >= 11 is 0. The first-order valence-electron chi connectivity index (χ1n) is 4.79. The summed E-state index contributed by atoms with van der Waals surface area (Å²) in [4.78, 5) is 11.3. The van der Waals surface area contributed by atoms with Crippen LogP contribution in [0.15, 0.2) is 24.3 Å². The first-order valence-corrected chi connectivity index (χ1v) is 4.79. The van der Waals surface area contributed by atoms with Crippen LogP contribution in [0.4, 0.5) is 5.69 Å². The molecule has 14 heavy (non-hydrogen) atoms. The molecule has 1 aromatic rings. The van der Waals surface area contributed by atoms with Crippen LogP contribution in [0.3, 0.4) is 0 Å². The zero-order chi connectivity index (χ0) is 10.6. The first kappa shape index (κ1) is 10.7. The number of amides is 1. The number of nitrogens with one attached hydrogen (secondary N) is 1. The zero-order valence-electron chi connectivity index (χ0n) is 8.58. The number of para-hydroxylation sites is 1. The molecule has 76 valence electrons. The van der Waals surface area contributed by atoms with Crippen LogP contribution >= 0.6 is 0 Å². The molecule has 1 rings (SSSR count). The lowest BCUT2D eigenvalue weighted by Crippen LogP contribution is -2.32. The third-order valence-electron chi connectivity index (χ3n) is 2.07. The molecule has 0 radical (unpaired) electrons. The van der Waals surface area contributed by atoms with Gasteiger partial charge in [0.2, 0.25) is 5.91 Å². The average molecular weight is 192 g/mol. The highest BCUT2D eigenvalue weighted by Crippen LogP contribution is 2.15. The Kier molecular flexibility index (Phi) is 3.65. The first-order chi connectivity index (χ1) is 6.65. The van der Waals surface area contributed by atoms with Crippen LogP contribution in [0.25, 0.3) is 0 Å². The Labute approximate surface area is 84.3 Å². The smallest absolute Gasteiger partial charge is 0.241 e. The van der Waals surface area contributed by atoms with Crippen molar-refractivity contribution in [3.05, 3.63) is 29.8 Å². The number of carbonyl (C=O) groups excluding carboxylic acids is 1. The van der Waals surface area contributed by atoms with Crippen LogP contribution in [0.5, 0.6) is 0 Å². The Morgan fingerprint density at radius 2 is 2.14 bits per heavy atom. The summed E-state index contributed by atoms with van der Waals surface area (Å²) in [7, 11) is 0. The highest BCUT2D eigenvalue weighted by molar-refractivity contribution is 5.94. The monoisotopic (exact) mass is 192 g/mol. The van der Waals surface area contributed by atoms with Gasteiger partial charge >= 0.3 is 0 Å². The Morgan fingerprint density at radius 1 is 1.50 bits per heavy atom. The molecule has 3 N–H and O–H groups in total. The van der Waals surface area contributed by atoms with Crippen molar-refractivity contribution in [1.29, 1.82) is 0 Å². The molecule has 0 saturated carbocycles. The van der Waals surface area contributed by atoms with E-state index in [1.54, 1.807) is 6.92 Å². The molecule has 0 aliphatic heterocycles. The number of rotatable bonds is 3. The molecule has 0 aliphatic rings. The molecule has 0 bridgehead atoms. The van der Waals surface area contributed by atoms with Crippen molar-refractivity contribution in [3.63, 3.8) is 0 Å². The molecule has 3 heteroatoms. The van der Waals surface area contributed by atoms with Gasteiger partial charge in [0, 0.05) is 5.69 Å². The van der Waals surface area contributed by atoms with Crippen LogP contribution < -0.4 is 11.1 Å². The van der Waals surface area contributed by atoms with E-state index in [9.17, 15) is 4.79 Å². The van der Waals surface area contributed by atoms with Gasteiger partial charge in [0.25, 0.3) is 0 Å². The number of hydrogen-bond acceptors (Lipinski definition) is 2. The van der Waals surface area contributed by atoms with Crippen molar-refractivity contribution in [2.45, 2.75) is 26.3 Å². The number of carbonyl (C=O) groups is 1. The summed E-state index contributed by atoms with van der Waals surface area (Å²) in [5, 5.41) is 2.80. The molecule has 3 nitrogen and oxygen atoms in total. The molecule has 0 fully saturated rings. The molecule has 1 aromatic carbocycles. The summed E-state index contributed by atoms with van der Waals surface area (Å²) in [6.45, 7) is 3.72. The van der Waals surface area contributed by atoms with Gasteiger partial charge in [0.1, 0.15) is 0 Å². The lowest BCUT2D eigenvalue weighted by atomic mass is 10.1. The van der Waals surface area contributed by atoms with E-state index in [4.69, 9.17) is 5.73 Å². The highest BCUT2D eigenvalue weighted by Gasteiger charge is 2.08. The van der Waals surface area contributed by atoms with Crippen molar-refractivity contribution in [1.82, 2.24) is 0 Å². The molecule has 0 saturated heterocycles. The predicted octanol–water partition coefficient (Wildman–Crippen LogP) is 1.53. The molecular formula is C11H16N2O. The van der Waals surface area contributed by atoms with E-state index in [0.717, 1.165) is 17.7 Å². The largest absolute Gasteiger partial charge is 0.324 e. The van der Waals surface area contributed by atoms with Gasteiger partial charge < -0.3 is 11.1 Å². The Balaban J connectivity index is 2.80. The summed E-state index contributed by atoms with van der Waals surface area (Å²) in [6, 6.07) is 7.27. The summed E-state index contributed by atoms with van der Waals surface area (Å²) in [5.74, 6) is -0.147. The average Bonchev–Trinajstić information content (AvgIpc) is 2.18. The standard InChI is InChI=1S/C11H16N2O/c1-3-9-6-4-5-7-10(9)13-11(14)8(2)12/h4-8H,3,12H2,1-2H3,(H,13,14)/t8-/m0/s1. The SMILES string of the molecule is CCc1ccccc1NC(=O)[C@H](C)N. The van der Waals surface area contributed by atoms with Gasteiger partial charge in [-0.05, 0) is 25.0 Å². The van der Waals surface area contributed by atoms with Crippen molar-refractivity contribution in [2.75, 3.05) is 5.32 Å². The van der Waals surface area contributed by atoms with Crippen LogP contribution in [0, 0.1) is 0 Å². The van der Waals surface area contributed by atoms with Crippen molar-refractivity contribution >= 4 is 11.6 Å². The van der Waals surface area contributed by atoms with Crippen molar-refractivity contribution in [2.24, 2.45) is 5.73 Å². The maximum atomic E-state index is 11.3. The zero-order valence-corrected chi connectivity index (χ0v) is 8.58. The third-order valence-corrected chi connectivity index (χ3v) is 2.07. The molecule has 0 aromatic heterocycles. The molecular weight excluding hydrogens is 176 g/mol. The summed E-state index contributed by atoms with van der Waals surface area (Å²) in [5.41, 5.74) is 7.45. The van der Waals surface area contributed by atoms with Crippen LogP contribution in [0.2, 0.25) is 0 Å². The number of benzene rings is 1. The van der Waals surface area contributed by atoms with Gasteiger partial charge in [0.05, 0.1) is 6.04 Å². The molecule has 0 heterocycles. The lowest BCUT2D eigenvalue weighted by Gasteiger charge is -2.11. The highest BCUT2D eigenvalue weighted by atomic mass is 16.2. The Bertz CT molecular complexity index is 321. The number of aryl methyl sites for hydroxylation is 1. The minimum atomic E-state index is -0.472. The van der Waals surface area contributed by atoms with Crippen molar-refractivity contribution in [3.8, 4) is 0 Å². The van der Waals surface area contributed by atoms with E-state index in [0.29, 0.717) is 0 Å². The second kappa shape index (κ2) is 4.77. The maximum Gasteiger partial charge on any atom is 0.241 e. The normalized spacial score (nSPS) is 12.2. The van der Waals surface area contributed by atoms with E-state index >= 15 is 0 Å². The van der Waals surface area contributed by atoms with Gasteiger partial charge in [-0.3, -0.25) is 4.79 Å². The molecule has 0 unspecified atom stereocenters. The van der Waals surface area contributed by atoms with Crippen LogP contribution in [-0.2, 0) is 11.2 Å². The fourth-order valence-corrected chi connectivity index (χ4v) is 1.20. The molecule has 0 aliphatic carbocycles. The topological polar surface area (TPSA) is 55.1 Å². The number of anilines is 1.